The van der Waals surface area contributed by atoms with Gasteiger partial charge in [-0.2, -0.15) is 0 Å². The fraction of sp³-hybridized carbons (Fsp3) is 0.857. The monoisotopic (exact) mass is 286 g/mol. The Morgan fingerprint density at radius 2 is 2.25 bits per heavy atom. The molecule has 0 saturated carbocycles. The van der Waals surface area contributed by atoms with Crippen molar-refractivity contribution in [2.24, 2.45) is 5.41 Å². The number of carbonyl (C=O) groups is 1. The van der Waals surface area contributed by atoms with Crippen molar-refractivity contribution in [1.82, 2.24) is 5.32 Å². The number of methoxy groups -OCH3 is 1. The number of rotatable bonds is 1. The number of hydrogen-bond acceptors (Lipinski definition) is 3. The third-order valence-corrected chi connectivity index (χ3v) is 5.58. The Balaban J connectivity index is 2.71. The Labute approximate surface area is 81.9 Å². The number of nitrogens with one attached hydrogen (secondary N) is 1. The number of aliphatic hydroxyl groups is 1. The van der Waals surface area contributed by atoms with Gasteiger partial charge in [0.15, 0.2) is 0 Å². The number of ether oxygens (including phenoxy) is 1. The zero-order valence-corrected chi connectivity index (χ0v) is 9.45. The van der Waals surface area contributed by atoms with E-state index in [1.165, 1.54) is 7.11 Å². The summed E-state index contributed by atoms with van der Waals surface area (Å²) in [7, 11) is 1.54. The molecule has 1 aliphatic rings. The maximum absolute atomic E-state index is 11.4. The SMILES string of the molecule is COC1NC(=O)C(C)(C)C(O)[I-]1. The average Bonchev–Trinajstić information content (AvgIpc) is 2.00. The van der Waals surface area contributed by atoms with E-state index < -0.39 is 30.7 Å². The van der Waals surface area contributed by atoms with E-state index in [1.807, 2.05) is 0 Å². The van der Waals surface area contributed by atoms with Crippen molar-refractivity contribution in [2.45, 2.75) is 22.2 Å². The second kappa shape index (κ2) is 3.47. The van der Waals surface area contributed by atoms with Gasteiger partial charge < -0.3 is 0 Å². The first-order chi connectivity index (χ1) is 5.48. The van der Waals surface area contributed by atoms with Gasteiger partial charge in [-0.05, 0) is 0 Å². The topological polar surface area (TPSA) is 58.6 Å². The van der Waals surface area contributed by atoms with Gasteiger partial charge in [0.05, 0.1) is 0 Å². The van der Waals surface area contributed by atoms with Crippen molar-refractivity contribution in [3.63, 3.8) is 0 Å². The molecular weight excluding hydrogens is 273 g/mol. The quantitative estimate of drug-likeness (QED) is 0.298. The summed E-state index contributed by atoms with van der Waals surface area (Å²) in [5.74, 6) is -0.132. The molecule has 0 aromatic heterocycles. The molecule has 12 heavy (non-hydrogen) atoms. The maximum atomic E-state index is 11.4. The van der Waals surface area contributed by atoms with Crippen LogP contribution in [0.15, 0.2) is 0 Å². The van der Waals surface area contributed by atoms with Crippen LogP contribution in [0.25, 0.3) is 0 Å². The molecular formula is C7H13INO3-. The summed E-state index contributed by atoms with van der Waals surface area (Å²) in [6.07, 6.45) is 0. The number of amides is 1. The standard InChI is InChI=1S/C7H13INO3/c1-7(2)4(10)8-6(12-3)9-5(7)11/h4,6,10H,1-3H3,(H,9,11)/q-1. The molecule has 0 bridgehead atoms. The molecule has 1 heterocycles. The van der Waals surface area contributed by atoms with Crippen molar-refractivity contribution >= 4 is 5.91 Å². The molecule has 5 heteroatoms. The zero-order chi connectivity index (χ0) is 9.35. The molecule has 1 saturated heterocycles. The molecule has 0 aromatic carbocycles. The number of halogens is 1. The number of aliphatic hydroxyl groups excluding tert-OH is 1. The third-order valence-electron chi connectivity index (χ3n) is 1.87. The summed E-state index contributed by atoms with van der Waals surface area (Å²) in [5, 5.41) is 12.3. The molecule has 1 aliphatic heterocycles. The summed E-state index contributed by atoms with van der Waals surface area (Å²) in [4.78, 5) is 11.4. The molecule has 1 fully saturated rings. The van der Waals surface area contributed by atoms with E-state index >= 15 is 0 Å². The van der Waals surface area contributed by atoms with E-state index in [0.29, 0.717) is 0 Å². The predicted octanol–water partition coefficient (Wildman–Crippen LogP) is -3.52. The average molecular weight is 286 g/mol. The Morgan fingerprint density at radius 1 is 1.67 bits per heavy atom. The van der Waals surface area contributed by atoms with Crippen molar-refractivity contribution in [1.29, 1.82) is 0 Å². The van der Waals surface area contributed by atoms with E-state index in [2.05, 4.69) is 5.32 Å². The van der Waals surface area contributed by atoms with Crippen molar-refractivity contribution in [3.05, 3.63) is 0 Å². The van der Waals surface area contributed by atoms with Crippen LogP contribution < -0.4 is 26.5 Å². The minimum atomic E-state index is -0.650. The van der Waals surface area contributed by atoms with Crippen molar-refractivity contribution in [3.8, 4) is 0 Å². The van der Waals surface area contributed by atoms with Crippen molar-refractivity contribution < 1.29 is 35.8 Å². The zero-order valence-electron chi connectivity index (χ0n) is 7.30. The van der Waals surface area contributed by atoms with E-state index in [4.69, 9.17) is 4.74 Å². The van der Waals surface area contributed by atoms with Crippen LogP contribution in [-0.2, 0) is 9.53 Å². The molecule has 2 unspecified atom stereocenters. The first-order valence-corrected chi connectivity index (χ1v) is 6.11. The Hall–Kier alpha value is 0.120. The number of alkyl halides is 2. The summed E-state index contributed by atoms with van der Waals surface area (Å²) >= 11 is -0.530. The molecule has 1 rings (SSSR count). The molecule has 0 aliphatic carbocycles. The van der Waals surface area contributed by atoms with Crippen LogP contribution in [0.3, 0.4) is 0 Å². The molecule has 0 spiro atoms. The van der Waals surface area contributed by atoms with E-state index in [1.54, 1.807) is 13.8 Å². The fourth-order valence-electron chi connectivity index (χ4n) is 0.805. The first kappa shape index (κ1) is 10.2. The van der Waals surface area contributed by atoms with E-state index in [-0.39, 0.29) is 10.1 Å². The van der Waals surface area contributed by atoms with Crippen LogP contribution in [0, 0.1) is 5.41 Å². The molecule has 0 radical (unpaired) electrons. The van der Waals surface area contributed by atoms with Crippen LogP contribution in [0.5, 0.6) is 0 Å². The summed E-state index contributed by atoms with van der Waals surface area (Å²) in [6.45, 7) is 3.50. The van der Waals surface area contributed by atoms with Crippen LogP contribution in [0.2, 0.25) is 0 Å². The Kier molecular flexibility index (Phi) is 2.95. The summed E-state index contributed by atoms with van der Waals surface area (Å²) in [6, 6.07) is 0. The molecule has 1 amide bonds. The van der Waals surface area contributed by atoms with Crippen LogP contribution in [-0.4, -0.2) is 26.5 Å². The van der Waals surface area contributed by atoms with Gasteiger partial charge in [-0.15, -0.1) is 0 Å². The van der Waals surface area contributed by atoms with Crippen LogP contribution in [0.1, 0.15) is 13.8 Å². The molecule has 2 N–H and O–H groups in total. The molecule has 4 nitrogen and oxygen atoms in total. The van der Waals surface area contributed by atoms with Gasteiger partial charge in [-0.25, -0.2) is 0 Å². The van der Waals surface area contributed by atoms with Gasteiger partial charge >= 0.3 is 81.8 Å². The fourth-order valence-corrected chi connectivity index (χ4v) is 3.36. The second-order valence-electron chi connectivity index (χ2n) is 3.21. The molecule has 2 atom stereocenters. The van der Waals surface area contributed by atoms with Crippen molar-refractivity contribution in [2.75, 3.05) is 7.11 Å². The van der Waals surface area contributed by atoms with Gasteiger partial charge in [0.2, 0.25) is 0 Å². The van der Waals surface area contributed by atoms with E-state index in [9.17, 15) is 9.90 Å². The van der Waals surface area contributed by atoms with Crippen LogP contribution >= 0.6 is 0 Å². The van der Waals surface area contributed by atoms with Crippen LogP contribution in [0.4, 0.5) is 0 Å². The Bertz CT molecular complexity index is 195. The third kappa shape index (κ3) is 1.72. The molecule has 0 aromatic rings. The van der Waals surface area contributed by atoms with Gasteiger partial charge in [0.1, 0.15) is 0 Å². The normalized spacial score (nSPS) is 35.2. The minimum absolute atomic E-state index is 0.132. The van der Waals surface area contributed by atoms with Gasteiger partial charge in [-0.3, -0.25) is 0 Å². The number of carbonyl (C=O) groups excluding carboxylic acids is 1. The second-order valence-corrected chi connectivity index (χ2v) is 6.24. The van der Waals surface area contributed by atoms with Gasteiger partial charge in [0.25, 0.3) is 0 Å². The number of hydrogen-bond donors (Lipinski definition) is 2. The van der Waals surface area contributed by atoms with Gasteiger partial charge in [0, 0.05) is 0 Å². The Morgan fingerprint density at radius 3 is 2.67 bits per heavy atom. The summed E-state index contributed by atoms with van der Waals surface area (Å²) < 4.78 is 4.23. The summed E-state index contributed by atoms with van der Waals surface area (Å²) in [5.41, 5.74) is -0.650. The van der Waals surface area contributed by atoms with Gasteiger partial charge in [-0.1, -0.05) is 0 Å². The predicted molar refractivity (Wildman–Crippen MR) is 38.7 cm³/mol. The molecule has 72 valence electrons. The first-order valence-electron chi connectivity index (χ1n) is 3.62. The van der Waals surface area contributed by atoms with E-state index in [0.717, 1.165) is 0 Å².